The highest BCUT2D eigenvalue weighted by Gasteiger charge is 2.73. The van der Waals surface area contributed by atoms with E-state index >= 15 is 0 Å². The molecule has 1 saturated heterocycles. The lowest BCUT2D eigenvalue weighted by Gasteiger charge is -2.60. The molecule has 2 saturated carbocycles. The van der Waals surface area contributed by atoms with Gasteiger partial charge in [-0.2, -0.15) is 0 Å². The summed E-state index contributed by atoms with van der Waals surface area (Å²) < 4.78 is 11.4. The highest BCUT2D eigenvalue weighted by molar-refractivity contribution is 5.96. The number of phenols is 1. The summed E-state index contributed by atoms with van der Waals surface area (Å²) in [5, 5.41) is 85.4. The molecule has 0 bridgehead atoms. The SMILES string of the molecule is Cc1c(O)c(OC2OC(CO)C(O)C(O)C2O)cc2c1C=C[C@H]1[C@]3(C)CC(O)C(C(C)(O)C(=O)CCC(C)(C)O)[C@@]3(C)CC(=O)[C@]21C. The molecule has 12 nitrogen and oxygen atoms in total. The molecule has 5 rings (SSSR count). The average Bonchev–Trinajstić information content (AvgIpc) is 3.19. The predicted octanol–water partition coefficient (Wildman–Crippen LogP) is 1.02. The van der Waals surface area contributed by atoms with Gasteiger partial charge in [0.1, 0.15) is 35.8 Å². The molecule has 47 heavy (non-hydrogen) atoms. The van der Waals surface area contributed by atoms with Gasteiger partial charge < -0.3 is 50.3 Å². The molecule has 0 spiro atoms. The zero-order valence-electron chi connectivity index (χ0n) is 28.1. The summed E-state index contributed by atoms with van der Waals surface area (Å²) in [6, 6.07) is 1.50. The molecular formula is C35H50O12. The van der Waals surface area contributed by atoms with Crippen LogP contribution in [0.1, 0.15) is 83.9 Å². The number of aliphatic hydroxyl groups excluding tert-OH is 5. The van der Waals surface area contributed by atoms with Crippen LogP contribution in [-0.4, -0.2) is 107 Å². The van der Waals surface area contributed by atoms with Gasteiger partial charge in [0.2, 0.25) is 6.29 Å². The third-order valence-corrected chi connectivity index (χ3v) is 12.2. The first kappa shape index (κ1) is 35.9. The van der Waals surface area contributed by atoms with Crippen molar-refractivity contribution < 1.29 is 59.9 Å². The fourth-order valence-corrected chi connectivity index (χ4v) is 9.26. The summed E-state index contributed by atoms with van der Waals surface area (Å²) >= 11 is 0. The molecule has 0 amide bonds. The van der Waals surface area contributed by atoms with Gasteiger partial charge in [0, 0.05) is 24.3 Å². The van der Waals surface area contributed by atoms with Gasteiger partial charge in [-0.15, -0.1) is 0 Å². The van der Waals surface area contributed by atoms with Gasteiger partial charge in [-0.3, -0.25) is 9.59 Å². The zero-order valence-corrected chi connectivity index (χ0v) is 28.1. The predicted molar refractivity (Wildman–Crippen MR) is 168 cm³/mol. The molecule has 0 radical (unpaired) electrons. The van der Waals surface area contributed by atoms with Crippen LogP contribution in [0.2, 0.25) is 0 Å². The smallest absolute Gasteiger partial charge is 0.229 e. The number of allylic oxidation sites excluding steroid dienone is 1. The summed E-state index contributed by atoms with van der Waals surface area (Å²) in [5.41, 5.74) is -4.60. The number of hydrogen-bond donors (Lipinski definition) is 8. The van der Waals surface area contributed by atoms with Crippen molar-refractivity contribution in [2.24, 2.45) is 22.7 Å². The van der Waals surface area contributed by atoms with Crippen LogP contribution in [0.3, 0.4) is 0 Å². The number of aromatic hydroxyl groups is 1. The Balaban J connectivity index is 1.54. The van der Waals surface area contributed by atoms with E-state index in [1.54, 1.807) is 27.7 Å². The summed E-state index contributed by atoms with van der Waals surface area (Å²) in [5.74, 6) is -2.62. The van der Waals surface area contributed by atoms with Crippen molar-refractivity contribution in [3.8, 4) is 11.5 Å². The number of carbonyl (C=O) groups is 2. The molecule has 1 aliphatic heterocycles. The summed E-state index contributed by atoms with van der Waals surface area (Å²) in [4.78, 5) is 28.0. The van der Waals surface area contributed by atoms with Crippen LogP contribution in [0.5, 0.6) is 11.5 Å². The maximum atomic E-state index is 14.5. The maximum absolute atomic E-state index is 14.5. The first-order chi connectivity index (χ1) is 21.6. The van der Waals surface area contributed by atoms with E-state index in [1.807, 2.05) is 26.0 Å². The second kappa shape index (κ2) is 11.6. The number of aliphatic hydroxyl groups is 7. The van der Waals surface area contributed by atoms with Crippen LogP contribution < -0.4 is 4.74 Å². The van der Waals surface area contributed by atoms with Gasteiger partial charge in [-0.1, -0.05) is 26.0 Å². The molecule has 3 fully saturated rings. The highest BCUT2D eigenvalue weighted by Crippen LogP contribution is 2.71. The number of carbonyl (C=O) groups excluding carboxylic acids is 2. The van der Waals surface area contributed by atoms with Crippen molar-refractivity contribution in [3.05, 3.63) is 28.8 Å². The second-order valence-corrected chi connectivity index (χ2v) is 15.7. The van der Waals surface area contributed by atoms with E-state index in [0.29, 0.717) is 16.7 Å². The van der Waals surface area contributed by atoms with Crippen molar-refractivity contribution in [3.63, 3.8) is 0 Å². The molecule has 4 aliphatic rings. The van der Waals surface area contributed by atoms with Crippen molar-refractivity contribution >= 4 is 17.6 Å². The van der Waals surface area contributed by atoms with Gasteiger partial charge >= 0.3 is 0 Å². The van der Waals surface area contributed by atoms with Crippen molar-refractivity contribution in [2.45, 2.75) is 128 Å². The summed E-state index contributed by atoms with van der Waals surface area (Å²) in [7, 11) is 0. The summed E-state index contributed by atoms with van der Waals surface area (Å²) in [6.07, 6.45) is -5.07. The molecule has 262 valence electrons. The molecule has 1 aromatic rings. The number of fused-ring (bicyclic) bond motifs is 5. The van der Waals surface area contributed by atoms with Gasteiger partial charge in [0.25, 0.3) is 0 Å². The Morgan fingerprint density at radius 2 is 1.68 bits per heavy atom. The fourth-order valence-electron chi connectivity index (χ4n) is 9.26. The molecule has 12 heteroatoms. The van der Waals surface area contributed by atoms with E-state index in [9.17, 15) is 50.4 Å². The molecular weight excluding hydrogens is 612 g/mol. The zero-order chi connectivity index (χ0) is 35.2. The first-order valence-electron chi connectivity index (χ1n) is 16.3. The summed E-state index contributed by atoms with van der Waals surface area (Å²) in [6.45, 7) is 11.1. The monoisotopic (exact) mass is 662 g/mol. The fraction of sp³-hybridized carbons (Fsp3) is 0.714. The number of phenolic OH excluding ortho intramolecular Hbond substituents is 1. The lowest BCUT2D eigenvalue weighted by Crippen LogP contribution is -2.63. The van der Waals surface area contributed by atoms with Crippen LogP contribution in [0, 0.1) is 29.6 Å². The normalized spacial score (nSPS) is 41.1. The van der Waals surface area contributed by atoms with E-state index < -0.39 is 88.5 Å². The van der Waals surface area contributed by atoms with E-state index in [2.05, 4.69) is 0 Å². The number of ether oxygens (including phenoxy) is 2. The number of benzene rings is 1. The standard InChI is InChI=1S/C35H50O12/c1-16-17-8-9-22-32(4)13-19(37)29(35(7,45)23(38)10-11-31(2,3)44)33(32,5)14-24(39)34(22,6)18(17)12-20(25(16)40)46-30-28(43)27(42)26(41)21(15-36)47-30/h8-9,12,19,21-22,26-30,36-37,40-45H,10-11,13-15H2,1-7H3/t19?,21?,22-,26?,27?,28?,29?,30?,32-,33+,34+,35?/m0/s1. The lowest BCUT2D eigenvalue weighted by atomic mass is 9.42. The van der Waals surface area contributed by atoms with E-state index in [1.165, 1.54) is 13.0 Å². The van der Waals surface area contributed by atoms with Gasteiger partial charge in [-0.25, -0.2) is 0 Å². The van der Waals surface area contributed by atoms with Gasteiger partial charge in [-0.05, 0) is 81.4 Å². The van der Waals surface area contributed by atoms with E-state index in [4.69, 9.17) is 9.47 Å². The second-order valence-electron chi connectivity index (χ2n) is 15.7. The van der Waals surface area contributed by atoms with E-state index in [0.717, 1.165) is 0 Å². The number of Topliss-reactive ketones (excluding diaryl/α,β-unsaturated/α-hetero) is 2. The maximum Gasteiger partial charge on any atom is 0.229 e. The minimum absolute atomic E-state index is 0.0662. The topological polar surface area (TPSA) is 214 Å². The molecule has 12 atom stereocenters. The Kier molecular flexibility index (Phi) is 8.84. The van der Waals surface area contributed by atoms with Gasteiger partial charge in [0.15, 0.2) is 17.3 Å². The molecule has 1 heterocycles. The lowest BCUT2D eigenvalue weighted by molar-refractivity contribution is -0.277. The molecule has 8 unspecified atom stereocenters. The quantitative estimate of drug-likeness (QED) is 0.196. The van der Waals surface area contributed by atoms with Crippen molar-refractivity contribution in [1.82, 2.24) is 0 Å². The number of hydrogen-bond acceptors (Lipinski definition) is 12. The van der Waals surface area contributed by atoms with Crippen LogP contribution >= 0.6 is 0 Å². The van der Waals surface area contributed by atoms with E-state index in [-0.39, 0.29) is 43.0 Å². The highest BCUT2D eigenvalue weighted by atomic mass is 16.7. The molecule has 1 aromatic carbocycles. The minimum atomic E-state index is -1.98. The van der Waals surface area contributed by atoms with Crippen molar-refractivity contribution in [1.29, 1.82) is 0 Å². The number of rotatable bonds is 8. The number of ketones is 2. The largest absolute Gasteiger partial charge is 0.504 e. The third-order valence-electron chi connectivity index (χ3n) is 12.2. The van der Waals surface area contributed by atoms with Crippen LogP contribution in [0.4, 0.5) is 0 Å². The van der Waals surface area contributed by atoms with Crippen LogP contribution in [0.25, 0.3) is 6.08 Å². The Labute approximate surface area is 274 Å². The van der Waals surface area contributed by atoms with Crippen LogP contribution in [-0.2, 0) is 19.7 Å². The Bertz CT molecular complexity index is 1460. The Morgan fingerprint density at radius 1 is 1.04 bits per heavy atom. The first-order valence-corrected chi connectivity index (χ1v) is 16.3. The third kappa shape index (κ3) is 5.27. The van der Waals surface area contributed by atoms with Crippen LogP contribution in [0.15, 0.2) is 12.1 Å². The Hall–Kier alpha value is -2.42. The van der Waals surface area contributed by atoms with Gasteiger partial charge in [0.05, 0.1) is 23.7 Å². The molecule has 0 aromatic heterocycles. The molecule has 8 N–H and O–H groups in total. The van der Waals surface area contributed by atoms with Crippen molar-refractivity contribution in [2.75, 3.05) is 6.61 Å². The molecule has 3 aliphatic carbocycles. The Morgan fingerprint density at radius 3 is 2.28 bits per heavy atom. The minimum Gasteiger partial charge on any atom is -0.504 e. The average molecular weight is 663 g/mol.